The zero-order valence-corrected chi connectivity index (χ0v) is 20.8. The maximum atomic E-state index is 14.2. The lowest BCUT2D eigenvalue weighted by Gasteiger charge is -2.34. The molecule has 1 aromatic carbocycles. The van der Waals surface area contributed by atoms with Crippen LogP contribution in [0.15, 0.2) is 18.2 Å². The van der Waals surface area contributed by atoms with Crippen molar-refractivity contribution in [2.45, 2.75) is 58.0 Å². The first-order valence-electron chi connectivity index (χ1n) is 11.1. The van der Waals surface area contributed by atoms with Crippen molar-refractivity contribution in [2.75, 3.05) is 34.4 Å². The monoisotopic (exact) mass is 482 g/mol. The molecule has 190 valence electrons. The molecule has 34 heavy (non-hydrogen) atoms. The molecule has 1 fully saturated rings. The van der Waals surface area contributed by atoms with E-state index in [4.69, 9.17) is 18.9 Å². The van der Waals surface area contributed by atoms with Gasteiger partial charge in [0.1, 0.15) is 17.2 Å². The molecule has 1 saturated heterocycles. The molecule has 1 N–H and O–H groups in total. The van der Waals surface area contributed by atoms with Crippen LogP contribution in [0, 0.1) is 11.7 Å². The molecular formula is C24H35FN2O7. The van der Waals surface area contributed by atoms with Crippen LogP contribution in [0.5, 0.6) is 5.75 Å². The van der Waals surface area contributed by atoms with Gasteiger partial charge in [-0.1, -0.05) is 6.92 Å². The number of Topliss-reactive ketones (excluding diaryl/α,β-unsaturated/α-hetero) is 1. The topological polar surface area (TPSA) is 103 Å². The van der Waals surface area contributed by atoms with Gasteiger partial charge >= 0.3 is 6.09 Å². The van der Waals surface area contributed by atoms with Crippen LogP contribution in [0.2, 0.25) is 0 Å². The summed E-state index contributed by atoms with van der Waals surface area (Å²) in [6.07, 6.45) is -0.968. The van der Waals surface area contributed by atoms with Gasteiger partial charge in [-0.25, -0.2) is 9.18 Å². The SMILES string of the molecule is COc1ccc(C(=O)CNC(=O)[C@H](C)[C@@H](OC)[C@H]2C[C@@H](OC)CN2C(=O)OC(C)(C)C)c(F)c1. The molecule has 10 heteroatoms. The van der Waals surface area contributed by atoms with Crippen molar-refractivity contribution in [1.82, 2.24) is 10.2 Å². The van der Waals surface area contributed by atoms with E-state index < -0.39 is 47.3 Å². The van der Waals surface area contributed by atoms with Gasteiger partial charge in [-0.2, -0.15) is 0 Å². The fourth-order valence-corrected chi connectivity index (χ4v) is 3.95. The summed E-state index contributed by atoms with van der Waals surface area (Å²) in [5.74, 6) is -2.20. The molecule has 0 aromatic heterocycles. The van der Waals surface area contributed by atoms with Crippen LogP contribution in [-0.4, -0.2) is 81.0 Å². The van der Waals surface area contributed by atoms with E-state index in [1.807, 2.05) is 0 Å². The number of nitrogens with zero attached hydrogens (tertiary/aromatic N) is 1. The zero-order chi connectivity index (χ0) is 25.6. The first-order chi connectivity index (χ1) is 15.9. The van der Waals surface area contributed by atoms with Gasteiger partial charge in [-0.15, -0.1) is 0 Å². The second-order valence-electron chi connectivity index (χ2n) is 9.27. The lowest BCUT2D eigenvalue weighted by atomic mass is 9.94. The molecule has 0 aliphatic carbocycles. The van der Waals surface area contributed by atoms with Gasteiger partial charge in [0, 0.05) is 20.3 Å². The third-order valence-corrected chi connectivity index (χ3v) is 5.72. The van der Waals surface area contributed by atoms with E-state index in [1.165, 1.54) is 31.3 Å². The van der Waals surface area contributed by atoms with Crippen molar-refractivity contribution < 1.29 is 37.7 Å². The third kappa shape index (κ3) is 6.89. The van der Waals surface area contributed by atoms with Crippen molar-refractivity contribution in [1.29, 1.82) is 0 Å². The molecule has 1 aliphatic rings. The van der Waals surface area contributed by atoms with Gasteiger partial charge in [-0.05, 0) is 39.3 Å². The molecule has 0 unspecified atom stereocenters. The van der Waals surface area contributed by atoms with Gasteiger partial charge in [0.2, 0.25) is 5.91 Å². The van der Waals surface area contributed by atoms with Gasteiger partial charge < -0.3 is 24.3 Å². The second kappa shape index (κ2) is 11.6. The minimum Gasteiger partial charge on any atom is -0.497 e. The van der Waals surface area contributed by atoms with E-state index in [-0.39, 0.29) is 24.0 Å². The average Bonchev–Trinajstić information content (AvgIpc) is 3.20. The van der Waals surface area contributed by atoms with Gasteiger partial charge in [-0.3, -0.25) is 14.5 Å². The molecule has 2 rings (SSSR count). The van der Waals surface area contributed by atoms with Crippen LogP contribution in [0.3, 0.4) is 0 Å². The number of carbonyl (C=O) groups is 3. The Labute approximate surface area is 199 Å². The van der Waals surface area contributed by atoms with Crippen molar-refractivity contribution in [2.24, 2.45) is 5.92 Å². The highest BCUT2D eigenvalue weighted by atomic mass is 19.1. The molecule has 1 aliphatic heterocycles. The van der Waals surface area contributed by atoms with E-state index in [1.54, 1.807) is 34.8 Å². The highest BCUT2D eigenvalue weighted by molar-refractivity contribution is 5.99. The number of amides is 2. The molecule has 1 heterocycles. The standard InChI is InChI=1S/C24H35FN2O7/c1-14(22(29)26-12-20(28)17-9-8-15(31-5)10-18(17)25)21(33-7)19-11-16(32-6)13-27(19)23(30)34-24(2,3)4/h8-10,14,16,19,21H,11-13H2,1-7H3,(H,26,29)/t14-,16-,19-,21-/m1/s1. The molecule has 0 spiro atoms. The fourth-order valence-electron chi connectivity index (χ4n) is 3.95. The number of rotatable bonds is 9. The number of nitrogens with one attached hydrogen (secondary N) is 1. The Morgan fingerprint density at radius 3 is 2.41 bits per heavy atom. The van der Waals surface area contributed by atoms with E-state index in [2.05, 4.69) is 5.32 Å². The Kier molecular flexibility index (Phi) is 9.40. The van der Waals surface area contributed by atoms with Gasteiger partial charge in [0.15, 0.2) is 5.78 Å². The Bertz CT molecular complexity index is 887. The van der Waals surface area contributed by atoms with Crippen LogP contribution in [-0.2, 0) is 19.0 Å². The van der Waals surface area contributed by atoms with E-state index in [0.29, 0.717) is 13.0 Å². The minimum absolute atomic E-state index is 0.146. The first-order valence-corrected chi connectivity index (χ1v) is 11.1. The number of likely N-dealkylation sites (tertiary alicyclic amines) is 1. The predicted molar refractivity (Wildman–Crippen MR) is 122 cm³/mol. The second-order valence-corrected chi connectivity index (χ2v) is 9.27. The summed E-state index contributed by atoms with van der Waals surface area (Å²) >= 11 is 0. The average molecular weight is 483 g/mol. The number of halogens is 1. The minimum atomic E-state index is -0.731. The first kappa shape index (κ1) is 27.5. The maximum absolute atomic E-state index is 14.2. The Balaban J connectivity index is 2.08. The van der Waals surface area contributed by atoms with Crippen LogP contribution in [0.4, 0.5) is 9.18 Å². The molecule has 9 nitrogen and oxygen atoms in total. The summed E-state index contributed by atoms with van der Waals surface area (Å²) in [5, 5.41) is 2.55. The summed E-state index contributed by atoms with van der Waals surface area (Å²) < 4.78 is 35.7. The molecule has 0 bridgehead atoms. The largest absolute Gasteiger partial charge is 0.497 e. The molecule has 0 saturated carbocycles. The predicted octanol–water partition coefficient (Wildman–Crippen LogP) is 2.81. The van der Waals surface area contributed by atoms with Crippen LogP contribution in [0.25, 0.3) is 0 Å². The summed E-state index contributed by atoms with van der Waals surface area (Å²) in [5.41, 5.74) is -0.831. The Morgan fingerprint density at radius 2 is 1.88 bits per heavy atom. The highest BCUT2D eigenvalue weighted by Gasteiger charge is 2.45. The quantitative estimate of drug-likeness (QED) is 0.540. The summed E-state index contributed by atoms with van der Waals surface area (Å²) in [6, 6.07) is 3.42. The van der Waals surface area contributed by atoms with Crippen LogP contribution < -0.4 is 10.1 Å². The Morgan fingerprint density at radius 1 is 1.21 bits per heavy atom. The van der Waals surface area contributed by atoms with Crippen molar-refractivity contribution in [3.05, 3.63) is 29.6 Å². The number of methoxy groups -OCH3 is 3. The van der Waals surface area contributed by atoms with E-state index in [0.717, 1.165) is 6.07 Å². The summed E-state index contributed by atoms with van der Waals surface area (Å²) in [7, 11) is 4.41. The van der Waals surface area contributed by atoms with Crippen molar-refractivity contribution >= 4 is 17.8 Å². The normalized spacial score (nSPS) is 19.9. The number of ether oxygens (including phenoxy) is 4. The molecule has 0 radical (unpaired) electrons. The molecule has 4 atom stereocenters. The fraction of sp³-hybridized carbons (Fsp3) is 0.625. The summed E-state index contributed by atoms with van der Waals surface area (Å²) in [4.78, 5) is 39.6. The van der Waals surface area contributed by atoms with E-state index in [9.17, 15) is 18.8 Å². The Hall–Kier alpha value is -2.72. The van der Waals surface area contributed by atoms with Crippen molar-refractivity contribution in [3.8, 4) is 5.75 Å². The third-order valence-electron chi connectivity index (χ3n) is 5.72. The maximum Gasteiger partial charge on any atom is 0.410 e. The smallest absolute Gasteiger partial charge is 0.410 e. The molecule has 1 aromatic rings. The zero-order valence-electron chi connectivity index (χ0n) is 20.8. The number of hydrogen-bond acceptors (Lipinski definition) is 7. The highest BCUT2D eigenvalue weighted by Crippen LogP contribution is 2.29. The molecule has 2 amide bonds. The lowest BCUT2D eigenvalue weighted by molar-refractivity contribution is -0.130. The van der Waals surface area contributed by atoms with Gasteiger partial charge in [0.25, 0.3) is 0 Å². The van der Waals surface area contributed by atoms with Crippen LogP contribution in [0.1, 0.15) is 44.5 Å². The van der Waals surface area contributed by atoms with Crippen molar-refractivity contribution in [3.63, 3.8) is 0 Å². The number of benzene rings is 1. The van der Waals surface area contributed by atoms with E-state index >= 15 is 0 Å². The van der Waals surface area contributed by atoms with Crippen LogP contribution >= 0.6 is 0 Å². The summed E-state index contributed by atoms with van der Waals surface area (Å²) in [6.45, 7) is 6.89. The number of carbonyl (C=O) groups excluding carboxylic acids is 3. The number of hydrogen-bond donors (Lipinski definition) is 1. The molecular weight excluding hydrogens is 447 g/mol. The van der Waals surface area contributed by atoms with Gasteiger partial charge in [0.05, 0.1) is 49.9 Å². The number of ketones is 1. The lowest BCUT2D eigenvalue weighted by Crippen LogP contribution is -2.51.